The molecule has 0 radical (unpaired) electrons. The highest BCUT2D eigenvalue weighted by Crippen LogP contribution is 2.30. The molecule has 7 nitrogen and oxygen atoms in total. The van der Waals surface area contributed by atoms with Crippen LogP contribution in [0.1, 0.15) is 17.5 Å². The van der Waals surface area contributed by atoms with E-state index < -0.39 is 0 Å². The third kappa shape index (κ3) is 4.17. The molecular formula is C21H16Cl2N4O3. The number of ether oxygens (including phenoxy) is 1. The molecule has 2 heterocycles. The van der Waals surface area contributed by atoms with Gasteiger partial charge in [-0.05, 0) is 55.5 Å². The van der Waals surface area contributed by atoms with E-state index in [0.717, 1.165) is 0 Å². The van der Waals surface area contributed by atoms with Gasteiger partial charge in [-0.1, -0.05) is 29.3 Å². The van der Waals surface area contributed by atoms with E-state index in [1.165, 1.54) is 6.26 Å². The van der Waals surface area contributed by atoms with Crippen molar-refractivity contribution in [2.75, 3.05) is 11.9 Å². The maximum Gasteiger partial charge on any atom is 0.336 e. The van der Waals surface area contributed by atoms with Gasteiger partial charge in [0.25, 0.3) is 5.91 Å². The second-order valence-electron chi connectivity index (χ2n) is 6.17. The molecule has 0 spiro atoms. The summed E-state index contributed by atoms with van der Waals surface area (Å²) in [6.45, 7) is 2.27. The molecule has 0 saturated heterocycles. The Kier molecular flexibility index (Phi) is 5.74. The summed E-state index contributed by atoms with van der Waals surface area (Å²) in [6, 6.07) is 15.8. The second-order valence-corrected chi connectivity index (χ2v) is 6.99. The topological polar surface area (TPSA) is 82.2 Å². The van der Waals surface area contributed by atoms with E-state index in [0.29, 0.717) is 39.4 Å². The smallest absolute Gasteiger partial charge is 0.336 e. The lowest BCUT2D eigenvalue weighted by atomic mass is 10.2. The minimum atomic E-state index is -0.351. The SMILES string of the molecule is CCOc1nc(-c2ccc(Cl)c(Cl)c2)n(-c2cccc(NC(=O)c3ccco3)c2)n1. The average molecular weight is 443 g/mol. The lowest BCUT2D eigenvalue weighted by Gasteiger charge is -2.09. The van der Waals surface area contributed by atoms with Crippen LogP contribution in [0.2, 0.25) is 10.0 Å². The Morgan fingerprint density at radius 3 is 2.73 bits per heavy atom. The van der Waals surface area contributed by atoms with Crippen molar-refractivity contribution >= 4 is 34.8 Å². The first-order valence-corrected chi connectivity index (χ1v) is 9.81. The standard InChI is InChI=1S/C21H16Cl2N4O3/c1-2-29-21-25-19(13-8-9-16(22)17(23)11-13)27(26-21)15-6-3-5-14(12-15)24-20(28)18-7-4-10-30-18/h3-12H,2H2,1H3,(H,24,28). The highest BCUT2D eigenvalue weighted by molar-refractivity contribution is 6.42. The normalized spacial score (nSPS) is 10.8. The zero-order chi connectivity index (χ0) is 21.1. The van der Waals surface area contributed by atoms with Gasteiger partial charge in [0.05, 0.1) is 28.6 Å². The van der Waals surface area contributed by atoms with E-state index in [4.69, 9.17) is 32.4 Å². The first-order valence-electron chi connectivity index (χ1n) is 9.05. The number of rotatable bonds is 6. The Hall–Kier alpha value is -3.29. The molecule has 0 unspecified atom stereocenters. The molecule has 0 aliphatic carbocycles. The van der Waals surface area contributed by atoms with Gasteiger partial charge in [0.2, 0.25) is 0 Å². The number of halogens is 2. The number of carbonyl (C=O) groups is 1. The van der Waals surface area contributed by atoms with Crippen molar-refractivity contribution < 1.29 is 13.9 Å². The monoisotopic (exact) mass is 442 g/mol. The predicted octanol–water partition coefficient (Wildman–Crippen LogP) is 5.49. The Balaban J connectivity index is 1.72. The van der Waals surface area contributed by atoms with Crippen LogP contribution in [-0.4, -0.2) is 27.3 Å². The summed E-state index contributed by atoms with van der Waals surface area (Å²) >= 11 is 12.2. The number of anilines is 1. The van der Waals surface area contributed by atoms with Gasteiger partial charge in [0.15, 0.2) is 11.6 Å². The average Bonchev–Trinajstić information content (AvgIpc) is 3.41. The van der Waals surface area contributed by atoms with E-state index in [2.05, 4.69) is 15.4 Å². The number of nitrogens with zero attached hydrogens (tertiary/aromatic N) is 3. The fourth-order valence-electron chi connectivity index (χ4n) is 2.80. The van der Waals surface area contributed by atoms with Gasteiger partial charge in [0.1, 0.15) is 0 Å². The van der Waals surface area contributed by atoms with Crippen LogP contribution in [0.3, 0.4) is 0 Å². The number of hydrogen-bond acceptors (Lipinski definition) is 5. The molecule has 0 fully saturated rings. The fourth-order valence-corrected chi connectivity index (χ4v) is 3.10. The molecule has 1 N–H and O–H groups in total. The molecule has 9 heteroatoms. The number of amides is 1. The summed E-state index contributed by atoms with van der Waals surface area (Å²) in [4.78, 5) is 16.8. The van der Waals surface area contributed by atoms with E-state index in [1.807, 2.05) is 13.0 Å². The van der Waals surface area contributed by atoms with Crippen LogP contribution in [0.5, 0.6) is 6.01 Å². The van der Waals surface area contributed by atoms with Crippen LogP contribution in [0.4, 0.5) is 5.69 Å². The molecule has 2 aromatic heterocycles. The van der Waals surface area contributed by atoms with Crippen LogP contribution in [0, 0.1) is 0 Å². The van der Waals surface area contributed by atoms with Crippen molar-refractivity contribution in [3.8, 4) is 23.1 Å². The van der Waals surface area contributed by atoms with Gasteiger partial charge in [-0.25, -0.2) is 4.68 Å². The Labute approximate surface area is 182 Å². The van der Waals surface area contributed by atoms with Gasteiger partial charge >= 0.3 is 6.01 Å². The molecule has 1 amide bonds. The van der Waals surface area contributed by atoms with Gasteiger partial charge in [-0.2, -0.15) is 4.98 Å². The molecule has 4 aromatic rings. The summed E-state index contributed by atoms with van der Waals surface area (Å²) in [6.07, 6.45) is 1.44. The Bertz CT molecular complexity index is 1190. The molecular weight excluding hydrogens is 427 g/mol. The number of aromatic nitrogens is 3. The van der Waals surface area contributed by atoms with Crippen molar-refractivity contribution in [1.29, 1.82) is 0 Å². The number of hydrogen-bond donors (Lipinski definition) is 1. The van der Waals surface area contributed by atoms with Crippen molar-refractivity contribution in [1.82, 2.24) is 14.8 Å². The third-order valence-electron chi connectivity index (χ3n) is 4.13. The third-order valence-corrected chi connectivity index (χ3v) is 4.87. The van der Waals surface area contributed by atoms with Crippen molar-refractivity contribution in [2.45, 2.75) is 6.92 Å². The summed E-state index contributed by atoms with van der Waals surface area (Å²) in [5, 5.41) is 8.09. The number of carbonyl (C=O) groups excluding carboxylic acids is 1. The molecule has 4 rings (SSSR count). The Morgan fingerprint density at radius 2 is 2.00 bits per heavy atom. The Morgan fingerprint density at radius 1 is 1.13 bits per heavy atom. The minimum Gasteiger partial charge on any atom is -0.463 e. The zero-order valence-corrected chi connectivity index (χ0v) is 17.3. The second kappa shape index (κ2) is 8.61. The van der Waals surface area contributed by atoms with Gasteiger partial charge in [-0.3, -0.25) is 4.79 Å². The molecule has 0 atom stereocenters. The molecule has 0 aliphatic rings. The minimum absolute atomic E-state index is 0.219. The summed E-state index contributed by atoms with van der Waals surface area (Å²) in [5.74, 6) is 0.387. The highest BCUT2D eigenvalue weighted by Gasteiger charge is 2.17. The molecule has 0 bridgehead atoms. The van der Waals surface area contributed by atoms with Crippen LogP contribution < -0.4 is 10.1 Å². The number of nitrogens with one attached hydrogen (secondary N) is 1. The van der Waals surface area contributed by atoms with Crippen LogP contribution in [0.25, 0.3) is 17.1 Å². The van der Waals surface area contributed by atoms with Crippen LogP contribution in [0.15, 0.2) is 65.3 Å². The molecule has 30 heavy (non-hydrogen) atoms. The quantitative estimate of drug-likeness (QED) is 0.427. The lowest BCUT2D eigenvalue weighted by molar-refractivity contribution is 0.0996. The van der Waals surface area contributed by atoms with Crippen molar-refractivity contribution in [2.24, 2.45) is 0 Å². The molecule has 0 saturated carbocycles. The van der Waals surface area contributed by atoms with Gasteiger partial charge < -0.3 is 14.5 Å². The fraction of sp³-hybridized carbons (Fsp3) is 0.0952. The largest absolute Gasteiger partial charge is 0.463 e. The first-order chi connectivity index (χ1) is 14.5. The van der Waals surface area contributed by atoms with E-state index >= 15 is 0 Å². The van der Waals surface area contributed by atoms with Crippen molar-refractivity contribution in [3.63, 3.8) is 0 Å². The first kappa shape index (κ1) is 20.0. The van der Waals surface area contributed by atoms with E-state index in [-0.39, 0.29) is 17.7 Å². The highest BCUT2D eigenvalue weighted by atomic mass is 35.5. The van der Waals surface area contributed by atoms with Crippen LogP contribution >= 0.6 is 23.2 Å². The summed E-state index contributed by atoms with van der Waals surface area (Å²) < 4.78 is 12.2. The number of furan rings is 1. The summed E-state index contributed by atoms with van der Waals surface area (Å²) in [5.41, 5.74) is 1.96. The van der Waals surface area contributed by atoms with E-state index in [9.17, 15) is 4.79 Å². The molecule has 2 aromatic carbocycles. The van der Waals surface area contributed by atoms with Gasteiger partial charge in [-0.15, -0.1) is 5.10 Å². The van der Waals surface area contributed by atoms with E-state index in [1.54, 1.807) is 53.2 Å². The number of benzene rings is 2. The molecule has 152 valence electrons. The molecule has 0 aliphatic heterocycles. The maximum atomic E-state index is 12.3. The maximum absolute atomic E-state index is 12.3. The zero-order valence-electron chi connectivity index (χ0n) is 15.8. The van der Waals surface area contributed by atoms with Crippen molar-refractivity contribution in [3.05, 3.63) is 76.7 Å². The predicted molar refractivity (Wildman–Crippen MR) is 115 cm³/mol. The van der Waals surface area contributed by atoms with Crippen LogP contribution in [-0.2, 0) is 0 Å². The van der Waals surface area contributed by atoms with Gasteiger partial charge in [0, 0.05) is 11.3 Å². The lowest BCUT2D eigenvalue weighted by Crippen LogP contribution is -2.11. The summed E-state index contributed by atoms with van der Waals surface area (Å²) in [7, 11) is 0.